The van der Waals surface area contributed by atoms with Crippen LogP contribution >= 0.6 is 0 Å². The van der Waals surface area contributed by atoms with Gasteiger partial charge >= 0.3 is 0 Å². The van der Waals surface area contributed by atoms with Gasteiger partial charge in [-0.25, -0.2) is 13.6 Å². The van der Waals surface area contributed by atoms with E-state index in [0.717, 1.165) is 0 Å². The zero-order valence-electron chi connectivity index (χ0n) is 20.1. The van der Waals surface area contributed by atoms with Crippen LogP contribution in [0.1, 0.15) is 36.0 Å². The van der Waals surface area contributed by atoms with E-state index in [9.17, 15) is 18.0 Å². The fraction of sp³-hybridized carbons (Fsp3) is 0.565. The maximum Gasteiger partial charge on any atom is 0.251 e. The van der Waals surface area contributed by atoms with Crippen molar-refractivity contribution in [2.24, 2.45) is 15.4 Å². The van der Waals surface area contributed by atoms with Crippen LogP contribution in [0.2, 0.25) is 0 Å². The molecule has 36 heavy (non-hydrogen) atoms. The van der Waals surface area contributed by atoms with Gasteiger partial charge in [-0.05, 0) is 24.3 Å². The molecule has 1 aromatic rings. The molecule has 0 saturated carbocycles. The maximum atomic E-state index is 12.0. The van der Waals surface area contributed by atoms with Crippen LogP contribution in [0.4, 0.5) is 0 Å². The molecule has 2 rings (SSSR count). The molecule has 0 spiro atoms. The number of carbonyl (C=O) groups is 2. The van der Waals surface area contributed by atoms with Crippen LogP contribution in [0, 0.1) is 12.3 Å². The molecule has 4 N–H and O–H groups in total. The van der Waals surface area contributed by atoms with Crippen molar-refractivity contribution in [3.8, 4) is 12.3 Å². The Labute approximate surface area is 211 Å². The second-order valence-corrected chi connectivity index (χ2v) is 9.46. The summed E-state index contributed by atoms with van der Waals surface area (Å²) in [6.07, 6.45) is 7.49. The zero-order valence-corrected chi connectivity index (χ0v) is 20.9. The van der Waals surface area contributed by atoms with Crippen LogP contribution in [0.25, 0.3) is 0 Å². The quantitative estimate of drug-likeness (QED) is 0.176. The average Bonchev–Trinajstić information content (AvgIpc) is 3.62. The summed E-state index contributed by atoms with van der Waals surface area (Å²) >= 11 is 0. The number of primary sulfonamides is 1. The first kappa shape index (κ1) is 29.3. The first-order chi connectivity index (χ1) is 17.3. The van der Waals surface area contributed by atoms with Gasteiger partial charge in [-0.3, -0.25) is 9.59 Å². The van der Waals surface area contributed by atoms with E-state index in [2.05, 4.69) is 26.8 Å². The lowest BCUT2D eigenvalue weighted by Crippen LogP contribution is -2.29. The van der Waals surface area contributed by atoms with Gasteiger partial charge in [0.15, 0.2) is 5.66 Å². The number of benzene rings is 1. The molecular weight excluding hydrogens is 490 g/mol. The minimum Gasteiger partial charge on any atom is -0.379 e. The summed E-state index contributed by atoms with van der Waals surface area (Å²) < 4.78 is 38.6. The normalized spacial score (nSPS) is 13.7. The van der Waals surface area contributed by atoms with E-state index in [1.807, 2.05) is 0 Å². The van der Waals surface area contributed by atoms with Gasteiger partial charge < -0.3 is 24.8 Å². The molecule has 0 aromatic heterocycles. The predicted molar refractivity (Wildman–Crippen MR) is 131 cm³/mol. The highest BCUT2D eigenvalue weighted by molar-refractivity contribution is 7.89. The monoisotopic (exact) mass is 523 g/mol. The van der Waals surface area contributed by atoms with Crippen molar-refractivity contribution in [2.75, 3.05) is 52.7 Å². The Bertz CT molecular complexity index is 1020. The third kappa shape index (κ3) is 11.7. The highest BCUT2D eigenvalue weighted by atomic mass is 32.2. The van der Waals surface area contributed by atoms with Crippen LogP contribution < -0.4 is 15.8 Å². The Balaban J connectivity index is 1.37. The molecule has 0 fully saturated rings. The molecule has 1 aliphatic rings. The van der Waals surface area contributed by atoms with Crippen molar-refractivity contribution in [1.82, 2.24) is 10.6 Å². The Kier molecular flexibility index (Phi) is 12.4. The molecule has 1 aromatic carbocycles. The largest absolute Gasteiger partial charge is 0.379 e. The first-order valence-electron chi connectivity index (χ1n) is 11.5. The van der Waals surface area contributed by atoms with Crippen LogP contribution in [-0.2, 0) is 29.0 Å². The number of carbonyl (C=O) groups excluding carboxylic acids is 2. The molecule has 2 amide bonds. The molecule has 0 unspecified atom stereocenters. The van der Waals surface area contributed by atoms with Gasteiger partial charge in [0.05, 0.1) is 44.5 Å². The molecule has 1 aliphatic heterocycles. The van der Waals surface area contributed by atoms with E-state index >= 15 is 0 Å². The third-order valence-corrected chi connectivity index (χ3v) is 6.02. The van der Waals surface area contributed by atoms with Gasteiger partial charge in [-0.1, -0.05) is 0 Å². The number of ether oxygens (including phenoxy) is 3. The van der Waals surface area contributed by atoms with E-state index in [1.165, 1.54) is 24.3 Å². The number of nitrogens with two attached hydrogens (primary N) is 1. The lowest BCUT2D eigenvalue weighted by atomic mass is 10.0. The Morgan fingerprint density at radius 3 is 2.11 bits per heavy atom. The van der Waals surface area contributed by atoms with E-state index in [0.29, 0.717) is 71.0 Å². The second kappa shape index (κ2) is 15.3. The number of terminal acetylenes is 1. The molecule has 13 heteroatoms. The molecule has 0 aliphatic carbocycles. The minimum atomic E-state index is -3.79. The van der Waals surface area contributed by atoms with Gasteiger partial charge in [-0.2, -0.15) is 10.2 Å². The summed E-state index contributed by atoms with van der Waals surface area (Å²) in [5.41, 5.74) is -0.0737. The lowest BCUT2D eigenvalue weighted by molar-refractivity contribution is -0.122. The van der Waals surface area contributed by atoms with Crippen molar-refractivity contribution in [3.63, 3.8) is 0 Å². The summed E-state index contributed by atoms with van der Waals surface area (Å²) in [5, 5.41) is 18.6. The number of rotatable bonds is 19. The van der Waals surface area contributed by atoms with Gasteiger partial charge in [0, 0.05) is 44.3 Å². The number of hydrogen-bond acceptors (Lipinski definition) is 9. The molecule has 0 saturated heterocycles. The Morgan fingerprint density at radius 2 is 1.53 bits per heavy atom. The Morgan fingerprint density at radius 1 is 0.917 bits per heavy atom. The van der Waals surface area contributed by atoms with Crippen molar-refractivity contribution in [2.45, 2.75) is 36.2 Å². The second-order valence-electron chi connectivity index (χ2n) is 7.90. The summed E-state index contributed by atoms with van der Waals surface area (Å²) in [4.78, 5) is 23.8. The number of nitrogens with one attached hydrogen (secondary N) is 2. The number of hydrogen-bond donors (Lipinski definition) is 3. The summed E-state index contributed by atoms with van der Waals surface area (Å²) in [6, 6.07) is 5.33. The van der Waals surface area contributed by atoms with Crippen LogP contribution in [0.5, 0.6) is 0 Å². The van der Waals surface area contributed by atoms with Gasteiger partial charge in [0.25, 0.3) is 5.91 Å². The van der Waals surface area contributed by atoms with E-state index < -0.39 is 15.7 Å². The number of amides is 2. The maximum absolute atomic E-state index is 12.0. The zero-order chi connectivity index (χ0) is 26.3. The van der Waals surface area contributed by atoms with Crippen molar-refractivity contribution in [1.29, 1.82) is 0 Å². The lowest BCUT2D eigenvalue weighted by Gasteiger charge is -2.10. The SMILES string of the molecule is C#CCCC1(CCNC(=O)CCOCCOCCOCCNC(=O)c2ccc(S(N)(=O)=O)cc2)N=N1. The van der Waals surface area contributed by atoms with Gasteiger partial charge in [0.1, 0.15) is 0 Å². The first-order valence-corrected chi connectivity index (χ1v) is 13.1. The molecule has 1 heterocycles. The number of sulfonamides is 1. The Hall–Kier alpha value is -2.89. The molecule has 0 atom stereocenters. The van der Waals surface area contributed by atoms with Crippen LogP contribution in [-0.4, -0.2) is 78.6 Å². The third-order valence-electron chi connectivity index (χ3n) is 5.09. The standard InChI is InChI=1S/C23H33N5O7S/c1-2-3-9-23(27-28-23)10-11-25-21(29)8-13-33-15-17-35-18-16-34-14-12-26-22(30)19-4-6-20(7-5-19)36(24,31)32/h1,4-7H,3,8-18H2,(H,25,29)(H,26,30)(H2,24,31,32). The van der Waals surface area contributed by atoms with Gasteiger partial charge in [-0.15, -0.1) is 12.3 Å². The highest BCUT2D eigenvalue weighted by Gasteiger charge is 2.38. The molecule has 0 bridgehead atoms. The smallest absolute Gasteiger partial charge is 0.251 e. The van der Waals surface area contributed by atoms with E-state index in [-0.39, 0.29) is 29.7 Å². The van der Waals surface area contributed by atoms with Gasteiger partial charge in [0.2, 0.25) is 15.9 Å². The van der Waals surface area contributed by atoms with E-state index in [4.69, 9.17) is 25.8 Å². The summed E-state index contributed by atoms with van der Waals surface area (Å²) in [7, 11) is -3.79. The number of nitrogens with zero attached hydrogens (tertiary/aromatic N) is 2. The predicted octanol–water partition coefficient (Wildman–Crippen LogP) is 0.586. The van der Waals surface area contributed by atoms with Crippen molar-refractivity contribution >= 4 is 21.8 Å². The highest BCUT2D eigenvalue weighted by Crippen LogP contribution is 2.35. The van der Waals surface area contributed by atoms with Crippen LogP contribution in [0.15, 0.2) is 39.4 Å². The molecule has 12 nitrogen and oxygen atoms in total. The fourth-order valence-electron chi connectivity index (χ4n) is 3.00. The minimum absolute atomic E-state index is 0.0584. The molecule has 0 radical (unpaired) electrons. The van der Waals surface area contributed by atoms with E-state index in [1.54, 1.807) is 0 Å². The van der Waals surface area contributed by atoms with Crippen molar-refractivity contribution < 1.29 is 32.2 Å². The summed E-state index contributed by atoms with van der Waals surface area (Å²) in [6.45, 7) is 2.83. The topological polar surface area (TPSA) is 171 Å². The van der Waals surface area contributed by atoms with Crippen molar-refractivity contribution in [3.05, 3.63) is 29.8 Å². The molecule has 198 valence electrons. The summed E-state index contributed by atoms with van der Waals surface area (Å²) in [5.74, 6) is 2.13. The fourth-order valence-corrected chi connectivity index (χ4v) is 3.52. The van der Waals surface area contributed by atoms with Crippen LogP contribution in [0.3, 0.4) is 0 Å². The average molecular weight is 524 g/mol. The molecular formula is C23H33N5O7S.